The number of carbonyl (C=O) groups excluding carboxylic acids is 1. The lowest BCUT2D eigenvalue weighted by Gasteiger charge is -2.16. The summed E-state index contributed by atoms with van der Waals surface area (Å²) in [6.07, 6.45) is 0. The molecule has 1 fully saturated rings. The molecule has 1 aliphatic rings. The molecule has 0 aromatic heterocycles. The second kappa shape index (κ2) is 4.53. The van der Waals surface area contributed by atoms with E-state index >= 15 is 0 Å². The van der Waals surface area contributed by atoms with Crippen LogP contribution in [-0.4, -0.2) is 26.8 Å². The maximum atomic E-state index is 11.1. The summed E-state index contributed by atoms with van der Waals surface area (Å²) >= 11 is 0. The van der Waals surface area contributed by atoms with Gasteiger partial charge in [-0.25, -0.2) is 4.79 Å². The number of benzene rings is 1. The smallest absolute Gasteiger partial charge is 0.315 e. The van der Waals surface area contributed by atoms with Crippen LogP contribution in [0.25, 0.3) is 0 Å². The molecular weight excluding hydrogens is 220 g/mol. The number of nitrogens with one attached hydrogen (secondary N) is 2. The lowest BCUT2D eigenvalue weighted by molar-refractivity contribution is 0.247. The van der Waals surface area contributed by atoms with Crippen LogP contribution in [0.4, 0.5) is 4.79 Å². The Morgan fingerprint density at radius 3 is 2.41 bits per heavy atom. The third-order valence-electron chi connectivity index (χ3n) is 2.92. The van der Waals surface area contributed by atoms with Crippen molar-refractivity contribution in [3.05, 3.63) is 23.3 Å². The Hall–Kier alpha value is -1.91. The Morgan fingerprint density at radius 2 is 1.88 bits per heavy atom. The normalized spacial score (nSPS) is 18.5. The van der Waals surface area contributed by atoms with E-state index in [4.69, 9.17) is 9.47 Å². The monoisotopic (exact) mass is 236 g/mol. The van der Waals surface area contributed by atoms with Crippen LogP contribution >= 0.6 is 0 Å². The van der Waals surface area contributed by atoms with Crippen LogP contribution in [-0.2, 0) is 0 Å². The first kappa shape index (κ1) is 11.6. The molecule has 1 aliphatic heterocycles. The molecule has 1 aromatic carbocycles. The van der Waals surface area contributed by atoms with Crippen molar-refractivity contribution < 1.29 is 14.3 Å². The molecule has 0 spiro atoms. The van der Waals surface area contributed by atoms with Crippen LogP contribution in [0.15, 0.2) is 12.1 Å². The van der Waals surface area contributed by atoms with E-state index < -0.39 is 0 Å². The zero-order chi connectivity index (χ0) is 12.4. The van der Waals surface area contributed by atoms with Gasteiger partial charge in [0.2, 0.25) is 0 Å². The third-order valence-corrected chi connectivity index (χ3v) is 2.92. The molecule has 2 N–H and O–H groups in total. The molecule has 5 nitrogen and oxygen atoms in total. The second-order valence-electron chi connectivity index (χ2n) is 3.97. The van der Waals surface area contributed by atoms with Crippen molar-refractivity contribution in [2.75, 3.05) is 20.8 Å². The van der Waals surface area contributed by atoms with Gasteiger partial charge in [-0.3, -0.25) is 0 Å². The van der Waals surface area contributed by atoms with E-state index in [9.17, 15) is 4.79 Å². The fourth-order valence-corrected chi connectivity index (χ4v) is 2.01. The molecule has 0 aliphatic carbocycles. The van der Waals surface area contributed by atoms with Crippen LogP contribution in [0, 0.1) is 6.92 Å². The molecule has 92 valence electrons. The highest BCUT2D eigenvalue weighted by Crippen LogP contribution is 2.33. The lowest BCUT2D eigenvalue weighted by Crippen LogP contribution is -2.22. The minimum atomic E-state index is -0.135. The van der Waals surface area contributed by atoms with Crippen LogP contribution in [0.2, 0.25) is 0 Å². The van der Waals surface area contributed by atoms with Gasteiger partial charge in [0.05, 0.1) is 20.3 Å². The fourth-order valence-electron chi connectivity index (χ4n) is 2.01. The highest BCUT2D eigenvalue weighted by atomic mass is 16.5. The Balaban J connectivity index is 2.37. The summed E-state index contributed by atoms with van der Waals surface area (Å²) in [5, 5.41) is 5.59. The minimum Gasteiger partial charge on any atom is -0.493 e. The minimum absolute atomic E-state index is 0.0118. The zero-order valence-electron chi connectivity index (χ0n) is 10.2. The Bertz CT molecular complexity index is 446. The first-order chi connectivity index (χ1) is 8.15. The summed E-state index contributed by atoms with van der Waals surface area (Å²) in [6.45, 7) is 2.58. The first-order valence-electron chi connectivity index (χ1n) is 5.42. The van der Waals surface area contributed by atoms with Crippen LogP contribution in [0.3, 0.4) is 0 Å². The van der Waals surface area contributed by atoms with Crippen molar-refractivity contribution in [1.29, 1.82) is 0 Å². The number of amides is 2. The fraction of sp³-hybridized carbons (Fsp3) is 0.417. The summed E-state index contributed by atoms with van der Waals surface area (Å²) in [6, 6.07) is 3.68. The van der Waals surface area contributed by atoms with E-state index in [2.05, 4.69) is 10.6 Å². The van der Waals surface area contributed by atoms with E-state index in [1.807, 2.05) is 19.1 Å². The van der Waals surface area contributed by atoms with Gasteiger partial charge in [-0.2, -0.15) is 0 Å². The average Bonchev–Trinajstić information content (AvgIpc) is 2.75. The number of methoxy groups -OCH3 is 2. The van der Waals surface area contributed by atoms with Gasteiger partial charge in [-0.1, -0.05) is 0 Å². The van der Waals surface area contributed by atoms with Crippen molar-refractivity contribution in [3.63, 3.8) is 0 Å². The predicted octanol–water partition coefficient (Wildman–Crippen LogP) is 1.37. The number of urea groups is 1. The summed E-state index contributed by atoms with van der Waals surface area (Å²) in [5.74, 6) is 1.38. The van der Waals surface area contributed by atoms with E-state index in [1.54, 1.807) is 14.2 Å². The number of hydrogen-bond donors (Lipinski definition) is 2. The molecule has 1 atom stereocenters. The molecular formula is C12H16N2O3. The SMILES string of the molecule is COc1cc(C)c(C2CNC(=O)N2)cc1OC. The number of rotatable bonds is 3. The standard InChI is InChI=1S/C12H16N2O3/c1-7-4-10(16-2)11(17-3)5-8(7)9-6-13-12(15)14-9/h4-5,9H,6H2,1-3H3,(H2,13,14,15). The van der Waals surface area contributed by atoms with Gasteiger partial charge in [-0.05, 0) is 30.2 Å². The molecule has 5 heteroatoms. The molecule has 0 bridgehead atoms. The number of aryl methyl sites for hydroxylation is 1. The maximum Gasteiger partial charge on any atom is 0.315 e. The quantitative estimate of drug-likeness (QED) is 0.833. The summed E-state index contributed by atoms with van der Waals surface area (Å²) in [5.41, 5.74) is 2.11. The molecule has 0 saturated carbocycles. The third kappa shape index (κ3) is 2.13. The van der Waals surface area contributed by atoms with Crippen molar-refractivity contribution in [2.24, 2.45) is 0 Å². The number of carbonyl (C=O) groups is 1. The van der Waals surface area contributed by atoms with E-state index in [-0.39, 0.29) is 12.1 Å². The van der Waals surface area contributed by atoms with Crippen LogP contribution in [0.5, 0.6) is 11.5 Å². The summed E-state index contributed by atoms with van der Waals surface area (Å²) in [4.78, 5) is 11.1. The van der Waals surface area contributed by atoms with Gasteiger partial charge in [0.25, 0.3) is 0 Å². The van der Waals surface area contributed by atoms with Crippen LogP contribution < -0.4 is 20.1 Å². The Labute approximate surface area is 100 Å². The Morgan fingerprint density at radius 1 is 1.24 bits per heavy atom. The largest absolute Gasteiger partial charge is 0.493 e. The molecule has 1 aromatic rings. The second-order valence-corrected chi connectivity index (χ2v) is 3.97. The maximum absolute atomic E-state index is 11.1. The molecule has 1 saturated heterocycles. The number of ether oxygens (including phenoxy) is 2. The highest BCUT2D eigenvalue weighted by Gasteiger charge is 2.24. The molecule has 1 unspecified atom stereocenters. The average molecular weight is 236 g/mol. The van der Waals surface area contributed by atoms with Crippen molar-refractivity contribution >= 4 is 6.03 Å². The molecule has 2 amide bonds. The van der Waals surface area contributed by atoms with Crippen molar-refractivity contribution in [2.45, 2.75) is 13.0 Å². The topological polar surface area (TPSA) is 59.6 Å². The predicted molar refractivity (Wildman–Crippen MR) is 63.6 cm³/mol. The van der Waals surface area contributed by atoms with Gasteiger partial charge in [0, 0.05) is 6.54 Å². The van der Waals surface area contributed by atoms with Gasteiger partial charge >= 0.3 is 6.03 Å². The lowest BCUT2D eigenvalue weighted by atomic mass is 10.0. The Kier molecular flexibility index (Phi) is 3.08. The van der Waals surface area contributed by atoms with E-state index in [0.717, 1.165) is 11.1 Å². The molecule has 2 rings (SSSR count). The first-order valence-corrected chi connectivity index (χ1v) is 5.42. The summed E-state index contributed by atoms with van der Waals surface area (Å²) in [7, 11) is 3.21. The van der Waals surface area contributed by atoms with E-state index in [1.165, 1.54) is 0 Å². The van der Waals surface area contributed by atoms with E-state index in [0.29, 0.717) is 18.0 Å². The molecule has 0 radical (unpaired) electrons. The van der Waals surface area contributed by atoms with Crippen molar-refractivity contribution in [3.8, 4) is 11.5 Å². The highest BCUT2D eigenvalue weighted by molar-refractivity contribution is 5.77. The molecule has 1 heterocycles. The summed E-state index contributed by atoms with van der Waals surface area (Å²) < 4.78 is 10.5. The van der Waals surface area contributed by atoms with Crippen LogP contribution in [0.1, 0.15) is 17.2 Å². The van der Waals surface area contributed by atoms with Crippen molar-refractivity contribution in [1.82, 2.24) is 10.6 Å². The van der Waals surface area contributed by atoms with Gasteiger partial charge < -0.3 is 20.1 Å². The van der Waals surface area contributed by atoms with Gasteiger partial charge in [0.1, 0.15) is 0 Å². The number of hydrogen-bond acceptors (Lipinski definition) is 3. The molecule has 17 heavy (non-hydrogen) atoms. The zero-order valence-corrected chi connectivity index (χ0v) is 10.2. The van der Waals surface area contributed by atoms with Gasteiger partial charge in [0.15, 0.2) is 11.5 Å². The van der Waals surface area contributed by atoms with Gasteiger partial charge in [-0.15, -0.1) is 0 Å².